The summed E-state index contributed by atoms with van der Waals surface area (Å²) in [6.45, 7) is 0.896. The molecule has 0 bridgehead atoms. The maximum absolute atomic E-state index is 12.4. The first-order chi connectivity index (χ1) is 13.6. The molecule has 0 aliphatic carbocycles. The molecule has 7 heteroatoms. The minimum Gasteiger partial charge on any atom is -0.311 e. The molecule has 1 aromatic heterocycles. The SMILES string of the molecule is O=S(=O)(/C=C/c1ccccc1)Nc1cccc(-c2nnc3n2CCCCC3)c1. The fourth-order valence-electron chi connectivity index (χ4n) is 3.35. The van der Waals surface area contributed by atoms with Crippen molar-refractivity contribution in [1.29, 1.82) is 0 Å². The Balaban J connectivity index is 1.56. The highest BCUT2D eigenvalue weighted by atomic mass is 32.2. The Morgan fingerprint density at radius 1 is 0.964 bits per heavy atom. The quantitative estimate of drug-likeness (QED) is 0.707. The molecule has 2 aromatic carbocycles. The van der Waals surface area contributed by atoms with Crippen molar-refractivity contribution in [3.8, 4) is 11.4 Å². The van der Waals surface area contributed by atoms with E-state index in [4.69, 9.17) is 0 Å². The van der Waals surface area contributed by atoms with E-state index in [1.807, 2.05) is 42.5 Å². The van der Waals surface area contributed by atoms with E-state index in [-0.39, 0.29) is 0 Å². The Morgan fingerprint density at radius 3 is 2.68 bits per heavy atom. The van der Waals surface area contributed by atoms with Gasteiger partial charge in [0, 0.05) is 24.2 Å². The van der Waals surface area contributed by atoms with Crippen molar-refractivity contribution in [3.05, 3.63) is 71.4 Å². The first kappa shape index (κ1) is 18.4. The second-order valence-electron chi connectivity index (χ2n) is 6.84. The van der Waals surface area contributed by atoms with Crippen LogP contribution in [0.3, 0.4) is 0 Å². The molecule has 0 saturated heterocycles. The molecule has 0 amide bonds. The maximum Gasteiger partial charge on any atom is 0.255 e. The molecule has 0 atom stereocenters. The van der Waals surface area contributed by atoms with Crippen LogP contribution in [-0.4, -0.2) is 23.2 Å². The molecule has 0 saturated carbocycles. The number of hydrogen-bond donors (Lipinski definition) is 1. The number of nitrogens with one attached hydrogen (secondary N) is 1. The molecule has 0 spiro atoms. The zero-order valence-electron chi connectivity index (χ0n) is 15.5. The molecule has 1 aliphatic rings. The monoisotopic (exact) mass is 394 g/mol. The molecule has 28 heavy (non-hydrogen) atoms. The largest absolute Gasteiger partial charge is 0.311 e. The van der Waals surface area contributed by atoms with Gasteiger partial charge >= 0.3 is 0 Å². The third-order valence-corrected chi connectivity index (χ3v) is 5.74. The second kappa shape index (κ2) is 7.98. The van der Waals surface area contributed by atoms with E-state index >= 15 is 0 Å². The van der Waals surface area contributed by atoms with Crippen LogP contribution in [0.1, 0.15) is 30.7 Å². The second-order valence-corrected chi connectivity index (χ2v) is 8.41. The number of benzene rings is 2. The molecule has 6 nitrogen and oxygen atoms in total. The molecule has 1 aliphatic heterocycles. The summed E-state index contributed by atoms with van der Waals surface area (Å²) in [7, 11) is -3.61. The molecular formula is C21H22N4O2S. The highest BCUT2D eigenvalue weighted by Crippen LogP contribution is 2.25. The fourth-order valence-corrected chi connectivity index (χ4v) is 4.21. The predicted molar refractivity (Wildman–Crippen MR) is 111 cm³/mol. The Morgan fingerprint density at radius 2 is 1.82 bits per heavy atom. The summed E-state index contributed by atoms with van der Waals surface area (Å²) in [5.74, 6) is 1.79. The highest BCUT2D eigenvalue weighted by Gasteiger charge is 2.16. The summed E-state index contributed by atoms with van der Waals surface area (Å²) in [5, 5.41) is 9.85. The maximum atomic E-state index is 12.4. The zero-order valence-corrected chi connectivity index (χ0v) is 16.3. The van der Waals surface area contributed by atoms with Crippen LogP contribution < -0.4 is 4.72 Å². The van der Waals surface area contributed by atoms with Crippen LogP contribution in [0.4, 0.5) is 5.69 Å². The molecule has 3 aromatic rings. The highest BCUT2D eigenvalue weighted by molar-refractivity contribution is 7.95. The van der Waals surface area contributed by atoms with Crippen molar-refractivity contribution in [3.63, 3.8) is 0 Å². The lowest BCUT2D eigenvalue weighted by molar-refractivity contribution is 0.609. The molecule has 1 N–H and O–H groups in total. The molecule has 0 radical (unpaired) electrons. The molecule has 0 unspecified atom stereocenters. The lowest BCUT2D eigenvalue weighted by Crippen LogP contribution is -2.09. The number of nitrogens with zero attached hydrogens (tertiary/aromatic N) is 3. The number of hydrogen-bond acceptors (Lipinski definition) is 4. The van der Waals surface area contributed by atoms with Crippen LogP contribution >= 0.6 is 0 Å². The van der Waals surface area contributed by atoms with Crippen molar-refractivity contribution < 1.29 is 8.42 Å². The van der Waals surface area contributed by atoms with E-state index in [2.05, 4.69) is 19.5 Å². The fraction of sp³-hybridized carbons (Fsp3) is 0.238. The van der Waals surface area contributed by atoms with E-state index in [0.717, 1.165) is 48.6 Å². The molecular weight excluding hydrogens is 372 g/mol. The van der Waals surface area contributed by atoms with Crippen molar-refractivity contribution in [2.24, 2.45) is 0 Å². The van der Waals surface area contributed by atoms with Gasteiger partial charge in [0.05, 0.1) is 5.41 Å². The van der Waals surface area contributed by atoms with E-state index in [0.29, 0.717) is 5.69 Å². The van der Waals surface area contributed by atoms with Crippen molar-refractivity contribution >= 4 is 21.8 Å². The van der Waals surface area contributed by atoms with Crippen molar-refractivity contribution in [1.82, 2.24) is 14.8 Å². The lowest BCUT2D eigenvalue weighted by atomic mass is 10.2. The van der Waals surface area contributed by atoms with Gasteiger partial charge in [0.2, 0.25) is 0 Å². The minimum absolute atomic E-state index is 0.501. The summed E-state index contributed by atoms with van der Waals surface area (Å²) in [5.41, 5.74) is 2.18. The van der Waals surface area contributed by atoms with Gasteiger partial charge in [-0.05, 0) is 36.6 Å². The summed E-state index contributed by atoms with van der Waals surface area (Å²) in [4.78, 5) is 0. The topological polar surface area (TPSA) is 76.9 Å². The van der Waals surface area contributed by atoms with Gasteiger partial charge in [-0.25, -0.2) is 8.42 Å². The van der Waals surface area contributed by atoms with Crippen LogP contribution in [-0.2, 0) is 23.0 Å². The van der Waals surface area contributed by atoms with Gasteiger partial charge < -0.3 is 4.57 Å². The Bertz CT molecular complexity index is 1090. The first-order valence-corrected chi connectivity index (χ1v) is 10.9. The van der Waals surface area contributed by atoms with Crippen molar-refractivity contribution in [2.45, 2.75) is 32.2 Å². The van der Waals surface area contributed by atoms with Crippen LogP contribution in [0.25, 0.3) is 17.5 Å². The van der Waals surface area contributed by atoms with Crippen LogP contribution in [0.15, 0.2) is 60.0 Å². The van der Waals surface area contributed by atoms with Gasteiger partial charge in [-0.1, -0.05) is 48.9 Å². The number of rotatable bonds is 5. The number of aromatic nitrogens is 3. The number of fused-ring (bicyclic) bond motifs is 1. The van der Waals surface area contributed by atoms with E-state index in [9.17, 15) is 8.42 Å². The van der Waals surface area contributed by atoms with E-state index in [1.165, 1.54) is 11.8 Å². The average molecular weight is 395 g/mol. The summed E-state index contributed by atoms with van der Waals surface area (Å²) < 4.78 is 29.6. The van der Waals surface area contributed by atoms with Crippen LogP contribution in [0.2, 0.25) is 0 Å². The minimum atomic E-state index is -3.61. The van der Waals surface area contributed by atoms with Gasteiger partial charge in [0.15, 0.2) is 5.82 Å². The predicted octanol–water partition coefficient (Wildman–Crippen LogP) is 4.08. The summed E-state index contributed by atoms with van der Waals surface area (Å²) >= 11 is 0. The third kappa shape index (κ3) is 4.31. The Hall–Kier alpha value is -2.93. The Kier molecular flexibility index (Phi) is 5.25. The standard InChI is InChI=1S/C21H22N4O2S/c26-28(27,15-13-17-8-3-1-4-9-17)24-19-11-7-10-18(16-19)21-23-22-20-12-5-2-6-14-25(20)21/h1,3-4,7-11,13,15-16,24H,2,5-6,12,14H2/b15-13+. The summed E-state index contributed by atoms with van der Waals surface area (Å²) in [6.07, 6.45) is 5.94. The number of anilines is 1. The number of aryl methyl sites for hydroxylation is 1. The molecule has 0 fully saturated rings. The lowest BCUT2D eigenvalue weighted by Gasteiger charge is -2.09. The van der Waals surface area contributed by atoms with Gasteiger partial charge in [-0.15, -0.1) is 10.2 Å². The zero-order chi connectivity index (χ0) is 19.4. The Labute approximate surface area is 165 Å². The van der Waals surface area contributed by atoms with Crippen LogP contribution in [0.5, 0.6) is 0 Å². The molecule has 4 rings (SSSR count). The van der Waals surface area contributed by atoms with Gasteiger partial charge in [-0.2, -0.15) is 0 Å². The smallest absolute Gasteiger partial charge is 0.255 e. The molecule has 2 heterocycles. The van der Waals surface area contributed by atoms with E-state index < -0.39 is 10.0 Å². The van der Waals surface area contributed by atoms with E-state index in [1.54, 1.807) is 18.2 Å². The number of sulfonamides is 1. The van der Waals surface area contributed by atoms with Gasteiger partial charge in [0.25, 0.3) is 10.0 Å². The average Bonchev–Trinajstić information content (AvgIpc) is 2.96. The van der Waals surface area contributed by atoms with Gasteiger partial charge in [-0.3, -0.25) is 4.72 Å². The third-order valence-electron chi connectivity index (χ3n) is 4.73. The van der Waals surface area contributed by atoms with Crippen LogP contribution in [0, 0.1) is 0 Å². The first-order valence-electron chi connectivity index (χ1n) is 9.39. The van der Waals surface area contributed by atoms with Gasteiger partial charge in [0.1, 0.15) is 5.82 Å². The normalized spacial score (nSPS) is 14.6. The summed E-state index contributed by atoms with van der Waals surface area (Å²) in [6, 6.07) is 16.6. The van der Waals surface area contributed by atoms with Crippen molar-refractivity contribution in [2.75, 3.05) is 4.72 Å². The molecule has 144 valence electrons.